The maximum absolute atomic E-state index is 12.3. The normalized spacial score (nSPS) is 27.0. The number of aryl methyl sites for hydroxylation is 1. The molecule has 1 aliphatic rings. The Kier molecular flexibility index (Phi) is 4.13. The van der Waals surface area contributed by atoms with E-state index in [0.717, 1.165) is 4.88 Å². The summed E-state index contributed by atoms with van der Waals surface area (Å²) >= 11 is 1.36. The molecule has 116 valence electrons. The van der Waals surface area contributed by atoms with Gasteiger partial charge in [-0.3, -0.25) is 4.79 Å². The van der Waals surface area contributed by atoms with Crippen LogP contribution in [0.25, 0.3) is 0 Å². The molecule has 0 unspecified atom stereocenters. The van der Waals surface area contributed by atoms with Gasteiger partial charge in [-0.05, 0) is 26.0 Å². The SMILES string of the molecule is CCO[C@@H]1C[C@](NC(=O)c2ccc(C)s2)(C(=O)O)C1(C)C. The molecule has 1 aromatic heterocycles. The van der Waals surface area contributed by atoms with Gasteiger partial charge in [-0.2, -0.15) is 0 Å². The van der Waals surface area contributed by atoms with E-state index in [0.29, 0.717) is 17.9 Å². The Morgan fingerprint density at radius 3 is 2.57 bits per heavy atom. The number of carboxylic acid groups (broad SMARTS) is 1. The van der Waals surface area contributed by atoms with Gasteiger partial charge in [0.2, 0.25) is 0 Å². The van der Waals surface area contributed by atoms with Crippen LogP contribution >= 0.6 is 11.3 Å². The monoisotopic (exact) mass is 311 g/mol. The summed E-state index contributed by atoms with van der Waals surface area (Å²) in [4.78, 5) is 25.6. The Morgan fingerprint density at radius 2 is 2.14 bits per heavy atom. The molecule has 1 aromatic rings. The minimum atomic E-state index is -1.28. The van der Waals surface area contributed by atoms with Crippen molar-refractivity contribution in [1.82, 2.24) is 5.32 Å². The van der Waals surface area contributed by atoms with Gasteiger partial charge in [0.25, 0.3) is 5.91 Å². The molecule has 5 nitrogen and oxygen atoms in total. The topological polar surface area (TPSA) is 75.6 Å². The van der Waals surface area contributed by atoms with Crippen LogP contribution in [0.2, 0.25) is 0 Å². The summed E-state index contributed by atoms with van der Waals surface area (Å²) in [5, 5.41) is 12.4. The average Bonchev–Trinajstić information content (AvgIpc) is 2.83. The second kappa shape index (κ2) is 5.42. The molecule has 0 spiro atoms. The number of rotatable bonds is 5. The van der Waals surface area contributed by atoms with Gasteiger partial charge >= 0.3 is 5.97 Å². The van der Waals surface area contributed by atoms with Crippen LogP contribution in [0.5, 0.6) is 0 Å². The molecule has 21 heavy (non-hydrogen) atoms. The summed E-state index contributed by atoms with van der Waals surface area (Å²) in [5.74, 6) is -1.34. The fraction of sp³-hybridized carbons (Fsp3) is 0.600. The molecule has 6 heteroatoms. The van der Waals surface area contributed by atoms with E-state index in [1.165, 1.54) is 11.3 Å². The molecule has 0 aliphatic heterocycles. The van der Waals surface area contributed by atoms with Crippen molar-refractivity contribution in [3.8, 4) is 0 Å². The van der Waals surface area contributed by atoms with E-state index in [1.807, 2.05) is 33.8 Å². The third-order valence-electron chi connectivity index (χ3n) is 4.42. The highest BCUT2D eigenvalue weighted by molar-refractivity contribution is 7.13. The van der Waals surface area contributed by atoms with E-state index < -0.39 is 16.9 Å². The summed E-state index contributed by atoms with van der Waals surface area (Å²) in [6.07, 6.45) is 0.128. The summed E-state index contributed by atoms with van der Waals surface area (Å²) in [7, 11) is 0. The zero-order valence-corrected chi connectivity index (χ0v) is 13.5. The van der Waals surface area contributed by atoms with Crippen LogP contribution in [0.4, 0.5) is 0 Å². The Hall–Kier alpha value is -1.40. The lowest BCUT2D eigenvalue weighted by molar-refractivity contribution is -0.190. The lowest BCUT2D eigenvalue weighted by Crippen LogP contribution is -2.76. The molecule has 2 atom stereocenters. The highest BCUT2D eigenvalue weighted by Gasteiger charge is 2.66. The average molecular weight is 311 g/mol. The van der Waals surface area contributed by atoms with Gasteiger partial charge < -0.3 is 15.2 Å². The van der Waals surface area contributed by atoms with Crippen LogP contribution in [0.3, 0.4) is 0 Å². The van der Waals surface area contributed by atoms with Crippen molar-refractivity contribution < 1.29 is 19.4 Å². The maximum atomic E-state index is 12.3. The molecule has 2 N–H and O–H groups in total. The van der Waals surface area contributed by atoms with Gasteiger partial charge in [-0.15, -0.1) is 11.3 Å². The van der Waals surface area contributed by atoms with Gasteiger partial charge in [0.1, 0.15) is 5.54 Å². The molecule has 1 fully saturated rings. The molecular formula is C15H21NO4S. The van der Waals surface area contributed by atoms with E-state index in [4.69, 9.17) is 4.74 Å². The number of hydrogen-bond donors (Lipinski definition) is 2. The van der Waals surface area contributed by atoms with E-state index in [-0.39, 0.29) is 12.0 Å². The van der Waals surface area contributed by atoms with Gasteiger partial charge in [0, 0.05) is 23.3 Å². The largest absolute Gasteiger partial charge is 0.479 e. The number of ether oxygens (including phenoxy) is 1. The van der Waals surface area contributed by atoms with Crippen molar-refractivity contribution in [2.24, 2.45) is 5.41 Å². The van der Waals surface area contributed by atoms with Crippen LogP contribution in [0.1, 0.15) is 41.7 Å². The number of carbonyl (C=O) groups excluding carboxylic acids is 1. The fourth-order valence-electron chi connectivity index (χ4n) is 2.85. The molecule has 0 bridgehead atoms. The molecule has 0 saturated heterocycles. The van der Waals surface area contributed by atoms with Crippen LogP contribution in [-0.2, 0) is 9.53 Å². The number of amides is 1. The lowest BCUT2D eigenvalue weighted by atomic mass is 9.54. The summed E-state index contributed by atoms with van der Waals surface area (Å²) in [5.41, 5.74) is -1.93. The Labute approximate surface area is 128 Å². The molecule has 1 amide bonds. The minimum absolute atomic E-state index is 0.163. The van der Waals surface area contributed by atoms with Crippen LogP contribution in [0.15, 0.2) is 12.1 Å². The van der Waals surface area contributed by atoms with Gasteiger partial charge in [0.05, 0.1) is 11.0 Å². The standard InChI is InChI=1S/C15H21NO4S/c1-5-20-11-8-15(13(18)19,14(11,3)4)16-12(17)10-7-6-9(2)21-10/h6-7,11H,5,8H2,1-4H3,(H,16,17)(H,18,19)/t11-,15+/m1/s1. The predicted octanol–water partition coefficient (Wildman–Crippen LogP) is 2.44. The molecule has 1 heterocycles. The molecule has 1 aliphatic carbocycles. The van der Waals surface area contributed by atoms with E-state index in [9.17, 15) is 14.7 Å². The van der Waals surface area contributed by atoms with Crippen molar-refractivity contribution in [1.29, 1.82) is 0 Å². The minimum Gasteiger partial charge on any atom is -0.479 e. The third-order valence-corrected chi connectivity index (χ3v) is 5.42. The van der Waals surface area contributed by atoms with Gasteiger partial charge in [0.15, 0.2) is 0 Å². The number of aliphatic carboxylic acids is 1. The predicted molar refractivity (Wildman–Crippen MR) is 80.7 cm³/mol. The van der Waals surface area contributed by atoms with Crippen molar-refractivity contribution >= 4 is 23.2 Å². The maximum Gasteiger partial charge on any atom is 0.330 e. The second-order valence-electron chi connectivity index (χ2n) is 5.94. The highest BCUT2D eigenvalue weighted by atomic mass is 32.1. The Balaban J connectivity index is 2.22. The first kappa shape index (κ1) is 16.0. The summed E-state index contributed by atoms with van der Waals surface area (Å²) < 4.78 is 5.58. The van der Waals surface area contributed by atoms with Crippen LogP contribution < -0.4 is 5.32 Å². The molecule has 0 aromatic carbocycles. The zero-order valence-electron chi connectivity index (χ0n) is 12.7. The molecule has 1 saturated carbocycles. The van der Waals surface area contributed by atoms with Crippen molar-refractivity contribution in [2.45, 2.75) is 45.8 Å². The first-order valence-corrected chi connectivity index (χ1v) is 7.80. The number of nitrogens with one attached hydrogen (secondary N) is 1. The smallest absolute Gasteiger partial charge is 0.330 e. The van der Waals surface area contributed by atoms with Crippen molar-refractivity contribution in [2.75, 3.05) is 6.61 Å². The van der Waals surface area contributed by atoms with E-state index in [2.05, 4.69) is 5.32 Å². The first-order valence-electron chi connectivity index (χ1n) is 6.98. The van der Waals surface area contributed by atoms with Crippen molar-refractivity contribution in [3.05, 3.63) is 21.9 Å². The van der Waals surface area contributed by atoms with Crippen LogP contribution in [-0.4, -0.2) is 35.2 Å². The Bertz CT molecular complexity index is 566. The van der Waals surface area contributed by atoms with Crippen molar-refractivity contribution in [3.63, 3.8) is 0 Å². The van der Waals surface area contributed by atoms with E-state index in [1.54, 1.807) is 6.07 Å². The van der Waals surface area contributed by atoms with Gasteiger partial charge in [-0.1, -0.05) is 13.8 Å². The quantitative estimate of drug-likeness (QED) is 0.876. The van der Waals surface area contributed by atoms with Gasteiger partial charge in [-0.25, -0.2) is 4.79 Å². The summed E-state index contributed by atoms with van der Waals surface area (Å²) in [6.45, 7) is 7.97. The van der Waals surface area contributed by atoms with E-state index >= 15 is 0 Å². The van der Waals surface area contributed by atoms with Crippen LogP contribution in [0, 0.1) is 12.3 Å². The number of hydrogen-bond acceptors (Lipinski definition) is 4. The number of thiophene rings is 1. The summed E-state index contributed by atoms with van der Waals surface area (Å²) in [6, 6.07) is 3.57. The number of carboxylic acids is 1. The second-order valence-corrected chi connectivity index (χ2v) is 7.23. The third kappa shape index (κ3) is 2.46. The fourth-order valence-corrected chi connectivity index (χ4v) is 3.61. The highest BCUT2D eigenvalue weighted by Crippen LogP contribution is 2.51. The Morgan fingerprint density at radius 1 is 1.48 bits per heavy atom. The number of carbonyl (C=O) groups is 2. The molecule has 2 rings (SSSR count). The lowest BCUT2D eigenvalue weighted by Gasteiger charge is -2.58. The first-order chi connectivity index (χ1) is 9.74. The molecule has 0 radical (unpaired) electrons. The molecular weight excluding hydrogens is 290 g/mol. The zero-order chi connectivity index (χ0) is 15.8.